The first-order chi connectivity index (χ1) is 15.0. The molecule has 1 saturated heterocycles. The lowest BCUT2D eigenvalue weighted by atomic mass is 9.72. The van der Waals surface area contributed by atoms with Crippen molar-refractivity contribution in [2.75, 3.05) is 26.7 Å². The molecule has 0 saturated carbocycles. The molecule has 3 N–H and O–H groups in total. The van der Waals surface area contributed by atoms with E-state index < -0.39 is 17.5 Å². The van der Waals surface area contributed by atoms with Crippen LogP contribution in [0.5, 0.6) is 5.75 Å². The number of hydrogen-bond donors (Lipinski definition) is 3. The van der Waals surface area contributed by atoms with Crippen molar-refractivity contribution in [1.82, 2.24) is 4.90 Å². The smallest absolute Gasteiger partial charge is 0.328 e. The predicted octanol–water partition coefficient (Wildman–Crippen LogP) is 3.58. The first-order valence-electron chi connectivity index (χ1n) is 11.0. The first-order valence-corrected chi connectivity index (χ1v) is 11.0. The highest BCUT2D eigenvalue weighted by Gasteiger charge is 2.52. The molecule has 8 heteroatoms. The van der Waals surface area contributed by atoms with Gasteiger partial charge in [-0.2, -0.15) is 0 Å². The number of aliphatic carboxylic acids is 2. The summed E-state index contributed by atoms with van der Waals surface area (Å²) in [5, 5.41) is 27.2. The summed E-state index contributed by atoms with van der Waals surface area (Å²) in [6, 6.07) is 3.25. The molecular weight excluding hydrogens is 417 g/mol. The summed E-state index contributed by atoms with van der Waals surface area (Å²) in [6.45, 7) is 7.48. The van der Waals surface area contributed by atoms with E-state index in [2.05, 4.69) is 18.7 Å². The SMILES string of the molecule is COc1c(F)ccc2c1C(O)(CCCN1CCCCC1)C(C)(C)C2.O=C(O)/C=C/C(=O)O. The second-order valence-electron chi connectivity index (χ2n) is 9.05. The molecule has 1 aromatic carbocycles. The van der Waals surface area contributed by atoms with Crippen molar-refractivity contribution >= 4 is 11.9 Å². The first kappa shape index (κ1) is 25.8. The number of aliphatic hydroxyl groups is 1. The zero-order valence-corrected chi connectivity index (χ0v) is 19.1. The molecule has 7 nitrogen and oxygen atoms in total. The Bertz CT molecular complexity index is 831. The predicted molar refractivity (Wildman–Crippen MR) is 118 cm³/mol. The van der Waals surface area contributed by atoms with Crippen LogP contribution in [-0.4, -0.2) is 58.9 Å². The number of benzene rings is 1. The molecule has 178 valence electrons. The summed E-state index contributed by atoms with van der Waals surface area (Å²) in [6.07, 6.45) is 7.30. The second-order valence-corrected chi connectivity index (χ2v) is 9.05. The van der Waals surface area contributed by atoms with Gasteiger partial charge in [-0.25, -0.2) is 14.0 Å². The van der Waals surface area contributed by atoms with E-state index in [1.165, 1.54) is 32.4 Å². The van der Waals surface area contributed by atoms with Crippen LogP contribution in [-0.2, 0) is 21.6 Å². The van der Waals surface area contributed by atoms with Gasteiger partial charge in [-0.3, -0.25) is 0 Å². The van der Waals surface area contributed by atoms with Gasteiger partial charge in [-0.05, 0) is 63.4 Å². The largest absolute Gasteiger partial charge is 0.493 e. The van der Waals surface area contributed by atoms with E-state index in [4.69, 9.17) is 14.9 Å². The summed E-state index contributed by atoms with van der Waals surface area (Å²) in [4.78, 5) is 21.6. The molecule has 1 fully saturated rings. The lowest BCUT2D eigenvalue weighted by Gasteiger charge is -2.39. The minimum atomic E-state index is -1.26. The Morgan fingerprint density at radius 2 is 1.72 bits per heavy atom. The second kappa shape index (κ2) is 10.9. The third kappa shape index (κ3) is 6.07. The van der Waals surface area contributed by atoms with Crippen LogP contribution in [0.15, 0.2) is 24.3 Å². The monoisotopic (exact) mass is 451 g/mol. The van der Waals surface area contributed by atoms with E-state index in [-0.39, 0.29) is 17.0 Å². The van der Waals surface area contributed by atoms with Crippen LogP contribution in [0.1, 0.15) is 57.1 Å². The van der Waals surface area contributed by atoms with E-state index in [0.717, 1.165) is 38.0 Å². The van der Waals surface area contributed by atoms with Gasteiger partial charge >= 0.3 is 11.9 Å². The van der Waals surface area contributed by atoms with Gasteiger partial charge in [-0.15, -0.1) is 0 Å². The summed E-state index contributed by atoms with van der Waals surface area (Å²) < 4.78 is 19.5. The molecule has 1 aromatic rings. The Morgan fingerprint density at radius 1 is 1.12 bits per heavy atom. The molecule has 1 aliphatic heterocycles. The fraction of sp³-hybridized carbons (Fsp3) is 0.583. The highest BCUT2D eigenvalue weighted by atomic mass is 19.1. The van der Waals surface area contributed by atoms with Gasteiger partial charge in [0.05, 0.1) is 12.7 Å². The maximum absolute atomic E-state index is 14.2. The lowest BCUT2D eigenvalue weighted by Crippen LogP contribution is -2.40. The number of methoxy groups -OCH3 is 1. The number of hydrogen-bond acceptors (Lipinski definition) is 5. The zero-order chi connectivity index (χ0) is 23.9. The van der Waals surface area contributed by atoms with Crippen molar-refractivity contribution in [3.05, 3.63) is 41.2 Å². The van der Waals surface area contributed by atoms with Crippen LogP contribution in [0.25, 0.3) is 0 Å². The van der Waals surface area contributed by atoms with Crippen LogP contribution in [0.4, 0.5) is 4.39 Å². The fourth-order valence-corrected chi connectivity index (χ4v) is 4.71. The molecule has 1 atom stereocenters. The number of rotatable bonds is 7. The number of piperidine rings is 1. The third-order valence-electron chi connectivity index (χ3n) is 6.40. The molecule has 1 aliphatic carbocycles. The van der Waals surface area contributed by atoms with Crippen LogP contribution < -0.4 is 4.74 Å². The zero-order valence-electron chi connectivity index (χ0n) is 19.1. The van der Waals surface area contributed by atoms with Gasteiger partial charge in [0, 0.05) is 23.1 Å². The van der Waals surface area contributed by atoms with Crippen LogP contribution in [0.3, 0.4) is 0 Å². The van der Waals surface area contributed by atoms with Crippen molar-refractivity contribution in [2.24, 2.45) is 5.41 Å². The Kier molecular flexibility index (Phi) is 8.81. The highest BCUT2D eigenvalue weighted by molar-refractivity contribution is 5.89. The van der Waals surface area contributed by atoms with Crippen molar-refractivity contribution in [3.8, 4) is 5.75 Å². The number of carboxylic acid groups (broad SMARTS) is 2. The summed E-state index contributed by atoms with van der Waals surface area (Å²) in [5.41, 5.74) is 0.330. The molecule has 3 rings (SSSR count). The number of carbonyl (C=O) groups is 2. The molecule has 0 spiro atoms. The van der Waals surface area contributed by atoms with Crippen LogP contribution in [0.2, 0.25) is 0 Å². The Hall–Kier alpha value is -2.45. The summed E-state index contributed by atoms with van der Waals surface area (Å²) in [5.74, 6) is -2.68. The maximum Gasteiger partial charge on any atom is 0.328 e. The van der Waals surface area contributed by atoms with Gasteiger partial charge in [0.15, 0.2) is 11.6 Å². The fourth-order valence-electron chi connectivity index (χ4n) is 4.71. The van der Waals surface area contributed by atoms with Gasteiger partial charge in [0.1, 0.15) is 0 Å². The average Bonchev–Trinajstić information content (AvgIpc) is 2.93. The van der Waals surface area contributed by atoms with E-state index in [1.807, 2.05) is 0 Å². The van der Waals surface area contributed by atoms with Crippen molar-refractivity contribution in [3.63, 3.8) is 0 Å². The molecule has 1 heterocycles. The van der Waals surface area contributed by atoms with E-state index in [0.29, 0.717) is 24.1 Å². The molecule has 2 aliphatic rings. The number of halogens is 1. The van der Waals surface area contributed by atoms with E-state index >= 15 is 0 Å². The van der Waals surface area contributed by atoms with Gasteiger partial charge < -0.3 is 25.0 Å². The molecule has 1 unspecified atom stereocenters. The normalized spacial score (nSPS) is 22.2. The van der Waals surface area contributed by atoms with Gasteiger partial charge in [0.2, 0.25) is 0 Å². The summed E-state index contributed by atoms with van der Waals surface area (Å²) >= 11 is 0. The number of ether oxygens (including phenoxy) is 1. The molecule has 0 aromatic heterocycles. The molecule has 0 radical (unpaired) electrons. The Morgan fingerprint density at radius 3 is 2.25 bits per heavy atom. The van der Waals surface area contributed by atoms with Gasteiger partial charge in [0.25, 0.3) is 0 Å². The maximum atomic E-state index is 14.2. The average molecular weight is 452 g/mol. The number of nitrogens with zero attached hydrogens (tertiary/aromatic N) is 1. The van der Waals surface area contributed by atoms with E-state index in [1.54, 1.807) is 6.07 Å². The molecule has 0 bridgehead atoms. The topological polar surface area (TPSA) is 107 Å². The highest BCUT2D eigenvalue weighted by Crippen LogP contribution is 2.55. The van der Waals surface area contributed by atoms with Crippen molar-refractivity contribution in [2.45, 2.75) is 58.0 Å². The quantitative estimate of drug-likeness (QED) is 0.544. The molecule has 32 heavy (non-hydrogen) atoms. The Balaban J connectivity index is 0.000000390. The lowest BCUT2D eigenvalue weighted by molar-refractivity contribution is -0.134. The number of fused-ring (bicyclic) bond motifs is 1. The van der Waals surface area contributed by atoms with E-state index in [9.17, 15) is 19.1 Å². The number of likely N-dealkylation sites (tertiary alicyclic amines) is 1. The van der Waals surface area contributed by atoms with Gasteiger partial charge in [-0.1, -0.05) is 26.3 Å². The molecule has 0 amide bonds. The van der Waals surface area contributed by atoms with Crippen molar-refractivity contribution < 1.29 is 34.0 Å². The number of carboxylic acids is 2. The third-order valence-corrected chi connectivity index (χ3v) is 6.40. The molecular formula is C24H34FNO6. The minimum Gasteiger partial charge on any atom is -0.493 e. The van der Waals surface area contributed by atoms with Crippen molar-refractivity contribution in [1.29, 1.82) is 0 Å². The minimum absolute atomic E-state index is 0.221. The Labute approximate surface area is 188 Å². The van der Waals surface area contributed by atoms with Crippen LogP contribution >= 0.6 is 0 Å². The summed E-state index contributed by atoms with van der Waals surface area (Å²) in [7, 11) is 1.48. The standard InChI is InChI=1S/C20H30FNO2.C4H4O4/c1-19(2)14-15-8-9-16(21)18(24-3)17(15)20(19,23)10-7-13-22-11-5-4-6-12-22;5-3(6)1-2-4(7)8/h8-9,23H,4-7,10-14H2,1-3H3;1-2H,(H,5,6)(H,7,8)/b;2-1+. The van der Waals surface area contributed by atoms with Crippen LogP contribution in [0, 0.1) is 11.2 Å².